The predicted molar refractivity (Wildman–Crippen MR) is 112 cm³/mol. The van der Waals surface area contributed by atoms with Gasteiger partial charge in [-0.25, -0.2) is 18.1 Å². The van der Waals surface area contributed by atoms with Crippen LogP contribution in [0.4, 0.5) is 5.69 Å². The van der Waals surface area contributed by atoms with Gasteiger partial charge in [0.2, 0.25) is 5.69 Å². The Bertz CT molecular complexity index is 1200. The minimum Gasteiger partial charge on any atom is -0.461 e. The standard InChI is InChI=1S/C22H20N2O4S/c1-5-28-22(25)20-18(19(23-2)21(24(20)3)29(4,26)27)17-13-11-16(12-14-17)15-9-7-6-8-10-15/h6-14H,5H2,1,3-4H3. The molecule has 3 rings (SSSR count). The summed E-state index contributed by atoms with van der Waals surface area (Å²) in [6.07, 6.45) is 1.02. The molecule has 0 saturated carbocycles. The van der Waals surface area contributed by atoms with Crippen molar-refractivity contribution < 1.29 is 17.9 Å². The molecule has 148 valence electrons. The van der Waals surface area contributed by atoms with E-state index in [2.05, 4.69) is 4.85 Å². The van der Waals surface area contributed by atoms with Crippen LogP contribution in [0.5, 0.6) is 0 Å². The fourth-order valence-electron chi connectivity index (χ4n) is 3.35. The summed E-state index contributed by atoms with van der Waals surface area (Å²) in [5.41, 5.74) is 2.80. The van der Waals surface area contributed by atoms with E-state index in [0.717, 1.165) is 17.4 Å². The number of esters is 1. The number of ether oxygens (including phenoxy) is 1. The van der Waals surface area contributed by atoms with Crippen molar-refractivity contribution in [1.29, 1.82) is 0 Å². The molecule has 0 aliphatic carbocycles. The van der Waals surface area contributed by atoms with Crippen LogP contribution in [-0.4, -0.2) is 31.8 Å². The molecule has 0 aliphatic heterocycles. The number of carbonyl (C=O) groups excluding carboxylic acids is 1. The summed E-state index contributed by atoms with van der Waals surface area (Å²) < 4.78 is 31.0. The van der Waals surface area contributed by atoms with Gasteiger partial charge in [-0.05, 0) is 23.6 Å². The van der Waals surface area contributed by atoms with Gasteiger partial charge in [0.25, 0.3) is 0 Å². The van der Waals surface area contributed by atoms with Crippen molar-refractivity contribution in [3.8, 4) is 22.3 Å². The summed E-state index contributed by atoms with van der Waals surface area (Å²) in [6.45, 7) is 9.39. The number of rotatable bonds is 5. The van der Waals surface area contributed by atoms with Crippen LogP contribution in [0.2, 0.25) is 0 Å². The second kappa shape index (κ2) is 7.94. The lowest BCUT2D eigenvalue weighted by molar-refractivity contribution is 0.0515. The molecule has 0 unspecified atom stereocenters. The highest BCUT2D eigenvalue weighted by Gasteiger charge is 2.31. The number of hydrogen-bond donors (Lipinski definition) is 0. The van der Waals surface area contributed by atoms with E-state index in [4.69, 9.17) is 11.3 Å². The molecular weight excluding hydrogens is 388 g/mol. The Morgan fingerprint density at radius 1 is 1.03 bits per heavy atom. The van der Waals surface area contributed by atoms with Gasteiger partial charge >= 0.3 is 5.97 Å². The van der Waals surface area contributed by atoms with Crippen molar-refractivity contribution in [3.05, 3.63) is 71.7 Å². The van der Waals surface area contributed by atoms with Crippen molar-refractivity contribution in [3.63, 3.8) is 0 Å². The number of carbonyl (C=O) groups is 1. The van der Waals surface area contributed by atoms with E-state index in [1.165, 1.54) is 11.6 Å². The van der Waals surface area contributed by atoms with Gasteiger partial charge < -0.3 is 9.30 Å². The number of sulfone groups is 1. The van der Waals surface area contributed by atoms with Gasteiger partial charge in [0.1, 0.15) is 10.7 Å². The minimum atomic E-state index is -3.74. The molecule has 0 spiro atoms. The van der Waals surface area contributed by atoms with Crippen LogP contribution < -0.4 is 0 Å². The van der Waals surface area contributed by atoms with E-state index in [0.29, 0.717) is 5.56 Å². The van der Waals surface area contributed by atoms with Gasteiger partial charge in [0.15, 0.2) is 9.84 Å². The van der Waals surface area contributed by atoms with Crippen LogP contribution in [0.15, 0.2) is 59.6 Å². The maximum Gasteiger partial charge on any atom is 0.354 e. The largest absolute Gasteiger partial charge is 0.461 e. The molecule has 0 radical (unpaired) electrons. The summed E-state index contributed by atoms with van der Waals surface area (Å²) >= 11 is 0. The average Bonchev–Trinajstić information content (AvgIpc) is 3.01. The minimum absolute atomic E-state index is 0.0470. The fraction of sp³-hybridized carbons (Fsp3) is 0.182. The summed E-state index contributed by atoms with van der Waals surface area (Å²) in [5.74, 6) is -0.670. The van der Waals surface area contributed by atoms with Crippen molar-refractivity contribution in [2.24, 2.45) is 7.05 Å². The zero-order chi connectivity index (χ0) is 21.2. The molecule has 7 heteroatoms. The van der Waals surface area contributed by atoms with Crippen LogP contribution in [-0.2, 0) is 21.6 Å². The lowest BCUT2D eigenvalue weighted by Crippen LogP contribution is -2.13. The van der Waals surface area contributed by atoms with Crippen LogP contribution in [0.3, 0.4) is 0 Å². The Hall–Kier alpha value is -3.37. The Morgan fingerprint density at radius 3 is 2.10 bits per heavy atom. The van der Waals surface area contributed by atoms with Gasteiger partial charge in [-0.3, -0.25) is 0 Å². The van der Waals surface area contributed by atoms with Crippen molar-refractivity contribution in [2.45, 2.75) is 11.9 Å². The molecule has 0 fully saturated rings. The third kappa shape index (κ3) is 3.80. The normalized spacial score (nSPS) is 11.1. The first-order valence-corrected chi connectivity index (χ1v) is 10.8. The second-order valence-electron chi connectivity index (χ2n) is 6.48. The summed E-state index contributed by atoms with van der Waals surface area (Å²) in [4.78, 5) is 16.1. The molecular formula is C22H20N2O4S. The third-order valence-electron chi connectivity index (χ3n) is 4.53. The highest BCUT2D eigenvalue weighted by atomic mass is 32.2. The third-order valence-corrected chi connectivity index (χ3v) is 5.70. The number of benzene rings is 2. The van der Waals surface area contributed by atoms with E-state index in [1.807, 2.05) is 42.5 Å². The molecule has 1 aromatic heterocycles. The number of hydrogen-bond acceptors (Lipinski definition) is 4. The molecule has 2 aromatic carbocycles. The lowest BCUT2D eigenvalue weighted by Gasteiger charge is -2.09. The Morgan fingerprint density at radius 2 is 1.59 bits per heavy atom. The number of nitrogens with zero attached hydrogens (tertiary/aromatic N) is 2. The lowest BCUT2D eigenvalue weighted by atomic mass is 9.99. The van der Waals surface area contributed by atoms with Gasteiger partial charge in [0, 0.05) is 18.9 Å². The molecule has 0 bridgehead atoms. The Labute approximate surface area is 170 Å². The Kier molecular flexibility index (Phi) is 5.57. The maximum absolute atomic E-state index is 12.6. The van der Waals surface area contributed by atoms with Gasteiger partial charge in [-0.15, -0.1) is 0 Å². The molecule has 0 aliphatic rings. The van der Waals surface area contributed by atoms with Gasteiger partial charge in [-0.1, -0.05) is 54.6 Å². The maximum atomic E-state index is 12.6. The predicted octanol–water partition coefficient (Wildman–Crippen LogP) is 4.49. The van der Waals surface area contributed by atoms with Crippen LogP contribution >= 0.6 is 0 Å². The van der Waals surface area contributed by atoms with Crippen molar-refractivity contribution in [2.75, 3.05) is 12.9 Å². The van der Waals surface area contributed by atoms with E-state index in [1.54, 1.807) is 19.1 Å². The van der Waals surface area contributed by atoms with Gasteiger partial charge in [-0.2, -0.15) is 0 Å². The Balaban J connectivity index is 2.25. The monoisotopic (exact) mass is 408 g/mol. The molecule has 6 nitrogen and oxygen atoms in total. The van der Waals surface area contributed by atoms with E-state index < -0.39 is 15.8 Å². The molecule has 3 aromatic rings. The summed E-state index contributed by atoms with van der Waals surface area (Å²) in [7, 11) is -2.29. The first kappa shape index (κ1) is 20.4. The topological polar surface area (TPSA) is 69.7 Å². The van der Waals surface area contributed by atoms with Gasteiger partial charge in [0.05, 0.1) is 13.2 Å². The van der Waals surface area contributed by atoms with Crippen molar-refractivity contribution in [1.82, 2.24) is 4.57 Å². The van der Waals surface area contributed by atoms with Crippen LogP contribution in [0.25, 0.3) is 27.1 Å². The highest BCUT2D eigenvalue weighted by Crippen LogP contribution is 2.42. The van der Waals surface area contributed by atoms with E-state index >= 15 is 0 Å². The summed E-state index contributed by atoms with van der Waals surface area (Å²) in [6, 6.07) is 17.1. The highest BCUT2D eigenvalue weighted by molar-refractivity contribution is 7.90. The molecule has 0 N–H and O–H groups in total. The SMILES string of the molecule is [C-]#[N+]c1c(-c2ccc(-c3ccccc3)cc2)c(C(=O)OCC)n(C)c1S(C)(=O)=O. The quantitative estimate of drug-likeness (QED) is 0.461. The van der Waals surface area contributed by atoms with Crippen LogP contribution in [0, 0.1) is 6.57 Å². The van der Waals surface area contributed by atoms with E-state index in [-0.39, 0.29) is 28.6 Å². The molecule has 0 saturated heterocycles. The zero-order valence-corrected chi connectivity index (χ0v) is 17.2. The smallest absolute Gasteiger partial charge is 0.354 e. The van der Waals surface area contributed by atoms with E-state index in [9.17, 15) is 13.2 Å². The molecule has 0 amide bonds. The van der Waals surface area contributed by atoms with Crippen LogP contribution in [0.1, 0.15) is 17.4 Å². The second-order valence-corrected chi connectivity index (χ2v) is 8.42. The molecule has 1 heterocycles. The van der Waals surface area contributed by atoms with Crippen molar-refractivity contribution >= 4 is 21.5 Å². The zero-order valence-electron chi connectivity index (χ0n) is 16.3. The average molecular weight is 408 g/mol. The molecule has 29 heavy (non-hydrogen) atoms. The summed E-state index contributed by atoms with van der Waals surface area (Å²) in [5, 5.41) is -0.197. The number of aromatic nitrogens is 1. The molecule has 0 atom stereocenters. The first-order valence-electron chi connectivity index (χ1n) is 8.92. The fourth-order valence-corrected chi connectivity index (χ4v) is 4.43. The first-order chi connectivity index (χ1) is 13.8.